The quantitative estimate of drug-likeness (QED) is 0.689. The fourth-order valence-corrected chi connectivity index (χ4v) is 1.99. The lowest BCUT2D eigenvalue weighted by atomic mass is 10.2. The molecule has 0 aliphatic rings. The standard InChI is InChI=1S/C12H12ClN3OS/c1-18-12-5-11(15-7-16-12)17-9-3-2-8(6-14)10(13)4-9/h2-5,7H,6,14H2,1H3. The largest absolute Gasteiger partial charge is 0.439 e. The van der Waals surface area contributed by atoms with E-state index in [0.717, 1.165) is 10.6 Å². The van der Waals surface area contributed by atoms with E-state index in [1.807, 2.05) is 18.4 Å². The van der Waals surface area contributed by atoms with Crippen molar-refractivity contribution >= 4 is 23.4 Å². The predicted octanol–water partition coefficient (Wildman–Crippen LogP) is 3.10. The molecular formula is C12H12ClN3OS. The SMILES string of the molecule is CSc1cc(Oc2ccc(CN)c(Cl)c2)ncn1. The van der Waals surface area contributed by atoms with Gasteiger partial charge < -0.3 is 10.5 Å². The number of nitrogens with zero attached hydrogens (tertiary/aromatic N) is 2. The van der Waals surface area contributed by atoms with E-state index in [1.165, 1.54) is 18.1 Å². The van der Waals surface area contributed by atoms with Crippen molar-refractivity contribution in [2.75, 3.05) is 6.26 Å². The van der Waals surface area contributed by atoms with Gasteiger partial charge in [0.15, 0.2) is 0 Å². The number of thioether (sulfide) groups is 1. The van der Waals surface area contributed by atoms with Crippen molar-refractivity contribution in [1.29, 1.82) is 0 Å². The molecule has 2 rings (SSSR count). The Labute approximate surface area is 115 Å². The zero-order valence-corrected chi connectivity index (χ0v) is 11.3. The molecule has 6 heteroatoms. The summed E-state index contributed by atoms with van der Waals surface area (Å²) in [7, 11) is 0. The van der Waals surface area contributed by atoms with Crippen LogP contribution >= 0.6 is 23.4 Å². The summed E-state index contributed by atoms with van der Waals surface area (Å²) in [4.78, 5) is 8.11. The highest BCUT2D eigenvalue weighted by atomic mass is 35.5. The van der Waals surface area contributed by atoms with E-state index in [-0.39, 0.29) is 0 Å². The minimum absolute atomic E-state index is 0.406. The van der Waals surface area contributed by atoms with Crippen molar-refractivity contribution in [2.45, 2.75) is 11.6 Å². The van der Waals surface area contributed by atoms with E-state index in [1.54, 1.807) is 12.1 Å². The van der Waals surface area contributed by atoms with Crippen LogP contribution in [0.2, 0.25) is 5.02 Å². The number of ether oxygens (including phenoxy) is 1. The second-order valence-corrected chi connectivity index (χ2v) is 4.69. The maximum Gasteiger partial charge on any atom is 0.223 e. The molecule has 0 aliphatic heterocycles. The first-order chi connectivity index (χ1) is 8.72. The summed E-state index contributed by atoms with van der Waals surface area (Å²) in [5.74, 6) is 1.12. The van der Waals surface area contributed by atoms with Crippen LogP contribution in [0.5, 0.6) is 11.6 Å². The van der Waals surface area contributed by atoms with E-state index in [2.05, 4.69) is 9.97 Å². The van der Waals surface area contributed by atoms with Crippen LogP contribution in [-0.2, 0) is 6.54 Å². The van der Waals surface area contributed by atoms with Gasteiger partial charge in [-0.1, -0.05) is 17.7 Å². The molecule has 0 radical (unpaired) electrons. The fraction of sp³-hybridized carbons (Fsp3) is 0.167. The molecule has 94 valence electrons. The molecule has 1 aromatic heterocycles. The van der Waals surface area contributed by atoms with Crippen molar-refractivity contribution in [3.63, 3.8) is 0 Å². The lowest BCUT2D eigenvalue weighted by Crippen LogP contribution is -1.97. The van der Waals surface area contributed by atoms with Gasteiger partial charge in [0.05, 0.1) is 0 Å². The van der Waals surface area contributed by atoms with Gasteiger partial charge in [0.1, 0.15) is 17.1 Å². The number of rotatable bonds is 4. The highest BCUT2D eigenvalue weighted by Crippen LogP contribution is 2.26. The highest BCUT2D eigenvalue weighted by molar-refractivity contribution is 7.98. The van der Waals surface area contributed by atoms with Crippen molar-refractivity contribution in [3.05, 3.63) is 41.2 Å². The Morgan fingerprint density at radius 2 is 2.17 bits per heavy atom. The van der Waals surface area contributed by atoms with E-state index < -0.39 is 0 Å². The molecule has 2 N–H and O–H groups in total. The number of benzene rings is 1. The minimum atomic E-state index is 0.406. The van der Waals surface area contributed by atoms with Gasteiger partial charge in [0.2, 0.25) is 5.88 Å². The lowest BCUT2D eigenvalue weighted by Gasteiger charge is -2.07. The van der Waals surface area contributed by atoms with Crippen molar-refractivity contribution in [2.24, 2.45) is 5.73 Å². The van der Waals surface area contributed by atoms with Crippen LogP contribution in [0.25, 0.3) is 0 Å². The molecule has 0 bridgehead atoms. The molecule has 0 saturated heterocycles. The van der Waals surface area contributed by atoms with Crippen LogP contribution in [0.15, 0.2) is 35.6 Å². The average molecular weight is 282 g/mol. The van der Waals surface area contributed by atoms with Crippen LogP contribution in [0, 0.1) is 0 Å². The molecule has 0 atom stereocenters. The molecule has 18 heavy (non-hydrogen) atoms. The fourth-order valence-electron chi connectivity index (χ4n) is 1.37. The number of nitrogens with two attached hydrogens (primary N) is 1. The van der Waals surface area contributed by atoms with Gasteiger partial charge in [-0.05, 0) is 24.0 Å². The molecule has 0 amide bonds. The Hall–Kier alpha value is -1.30. The number of aromatic nitrogens is 2. The third-order valence-electron chi connectivity index (χ3n) is 2.29. The Kier molecular flexibility index (Phi) is 4.41. The molecule has 0 spiro atoms. The number of halogens is 1. The van der Waals surface area contributed by atoms with Crippen LogP contribution in [0.1, 0.15) is 5.56 Å². The molecule has 2 aromatic rings. The van der Waals surface area contributed by atoms with Crippen molar-refractivity contribution < 1.29 is 4.74 Å². The second-order valence-electron chi connectivity index (χ2n) is 3.46. The van der Waals surface area contributed by atoms with Gasteiger partial charge in [0.25, 0.3) is 0 Å². The maximum absolute atomic E-state index is 6.06. The van der Waals surface area contributed by atoms with Gasteiger partial charge in [-0.25, -0.2) is 9.97 Å². The monoisotopic (exact) mass is 281 g/mol. The molecule has 1 heterocycles. The summed E-state index contributed by atoms with van der Waals surface area (Å²) in [6.07, 6.45) is 3.41. The van der Waals surface area contributed by atoms with E-state index >= 15 is 0 Å². The van der Waals surface area contributed by atoms with Crippen molar-refractivity contribution in [3.8, 4) is 11.6 Å². The summed E-state index contributed by atoms with van der Waals surface area (Å²) in [6, 6.07) is 7.16. The topological polar surface area (TPSA) is 61.0 Å². The molecule has 0 fully saturated rings. The number of hydrogen-bond acceptors (Lipinski definition) is 5. The zero-order valence-electron chi connectivity index (χ0n) is 9.76. The van der Waals surface area contributed by atoms with Gasteiger partial charge in [0, 0.05) is 17.6 Å². The summed E-state index contributed by atoms with van der Waals surface area (Å²) in [5, 5.41) is 1.44. The third kappa shape index (κ3) is 3.13. The van der Waals surface area contributed by atoms with Crippen LogP contribution in [-0.4, -0.2) is 16.2 Å². The van der Waals surface area contributed by atoms with Crippen molar-refractivity contribution in [1.82, 2.24) is 9.97 Å². The Morgan fingerprint density at radius 1 is 1.33 bits per heavy atom. The second kappa shape index (κ2) is 6.04. The Morgan fingerprint density at radius 3 is 2.83 bits per heavy atom. The van der Waals surface area contributed by atoms with Gasteiger partial charge >= 0.3 is 0 Å². The molecule has 0 saturated carbocycles. The molecule has 4 nitrogen and oxygen atoms in total. The van der Waals surface area contributed by atoms with E-state index in [9.17, 15) is 0 Å². The molecule has 1 aromatic carbocycles. The summed E-state index contributed by atoms with van der Waals surface area (Å²) in [6.45, 7) is 0.406. The predicted molar refractivity (Wildman–Crippen MR) is 73.2 cm³/mol. The summed E-state index contributed by atoms with van der Waals surface area (Å²) in [5.41, 5.74) is 6.43. The third-order valence-corrected chi connectivity index (χ3v) is 3.29. The van der Waals surface area contributed by atoms with Crippen LogP contribution in [0.3, 0.4) is 0 Å². The summed E-state index contributed by atoms with van der Waals surface area (Å²) < 4.78 is 5.61. The molecule has 0 unspecified atom stereocenters. The molecular weight excluding hydrogens is 270 g/mol. The highest BCUT2D eigenvalue weighted by Gasteiger charge is 2.04. The van der Waals surface area contributed by atoms with Crippen LogP contribution in [0.4, 0.5) is 0 Å². The zero-order chi connectivity index (χ0) is 13.0. The first-order valence-electron chi connectivity index (χ1n) is 5.25. The van der Waals surface area contributed by atoms with E-state index in [4.69, 9.17) is 22.1 Å². The van der Waals surface area contributed by atoms with Crippen LogP contribution < -0.4 is 10.5 Å². The van der Waals surface area contributed by atoms with E-state index in [0.29, 0.717) is 23.2 Å². The smallest absolute Gasteiger partial charge is 0.223 e. The first kappa shape index (κ1) is 13.1. The Balaban J connectivity index is 2.20. The lowest BCUT2D eigenvalue weighted by molar-refractivity contribution is 0.459. The molecule has 0 aliphatic carbocycles. The minimum Gasteiger partial charge on any atom is -0.439 e. The summed E-state index contributed by atoms with van der Waals surface area (Å²) >= 11 is 7.59. The van der Waals surface area contributed by atoms with Gasteiger partial charge in [-0.15, -0.1) is 11.8 Å². The number of hydrogen-bond donors (Lipinski definition) is 1. The first-order valence-corrected chi connectivity index (χ1v) is 6.85. The average Bonchev–Trinajstić information content (AvgIpc) is 2.39. The normalized spacial score (nSPS) is 10.4. The van der Waals surface area contributed by atoms with Gasteiger partial charge in [-0.3, -0.25) is 0 Å². The van der Waals surface area contributed by atoms with Gasteiger partial charge in [-0.2, -0.15) is 0 Å². The Bertz CT molecular complexity index is 551. The maximum atomic E-state index is 6.06.